The summed E-state index contributed by atoms with van der Waals surface area (Å²) in [7, 11) is 0. The quantitative estimate of drug-likeness (QED) is 0.169. The van der Waals surface area contributed by atoms with Crippen LogP contribution >= 0.6 is 0 Å². The van der Waals surface area contributed by atoms with E-state index < -0.39 is 0 Å². The SMILES string of the molecule is [C-]#[N+]c1cccc(-n2c3ccccc3c3ccc(-n4c5ccccc5c5cc(C#N)ccc54)cc32)c1-c1ccc(-n2c3ccccc3c3ccccc32)cc1. The number of aromatic nitrogens is 3. The minimum absolute atomic E-state index is 0.597. The van der Waals surface area contributed by atoms with Gasteiger partial charge in [0.05, 0.1) is 51.3 Å². The molecule has 0 saturated carbocycles. The van der Waals surface area contributed by atoms with Gasteiger partial charge in [0.2, 0.25) is 0 Å². The Morgan fingerprint density at radius 2 is 0.927 bits per heavy atom. The maximum absolute atomic E-state index is 9.72. The molecule has 55 heavy (non-hydrogen) atoms. The molecule has 0 aliphatic heterocycles. The second-order valence-electron chi connectivity index (χ2n) is 13.9. The Morgan fingerprint density at radius 3 is 1.53 bits per heavy atom. The highest BCUT2D eigenvalue weighted by Gasteiger charge is 2.21. The normalized spacial score (nSPS) is 11.6. The van der Waals surface area contributed by atoms with E-state index in [2.05, 4.69) is 164 Å². The minimum atomic E-state index is 0.597. The van der Waals surface area contributed by atoms with E-state index >= 15 is 0 Å². The molecule has 0 amide bonds. The molecule has 0 spiro atoms. The molecule has 3 aromatic heterocycles. The first-order valence-electron chi connectivity index (χ1n) is 18.3. The summed E-state index contributed by atoms with van der Waals surface area (Å²) in [5, 5.41) is 16.6. The maximum Gasteiger partial charge on any atom is 0.196 e. The Hall–Kier alpha value is -7.86. The molecular formula is C50H29N5. The Morgan fingerprint density at radius 1 is 0.418 bits per heavy atom. The van der Waals surface area contributed by atoms with Crippen LogP contribution in [0.4, 0.5) is 5.69 Å². The molecule has 11 rings (SSSR count). The zero-order valence-electron chi connectivity index (χ0n) is 29.5. The van der Waals surface area contributed by atoms with Crippen LogP contribution in [-0.2, 0) is 0 Å². The standard InChI is InChI=1S/C50H29N5/c1-52-42-15-10-20-48(50(42)33-22-24-34(25-23-33)53-43-16-6-2-11-36(43)37-12-3-7-17-44(37)53)55-46-19-9-4-13-38(46)40-27-26-35(30-49(40)55)54-45-18-8-5-14-39(45)41-29-32(31-51)21-28-47(41)54/h2-30H. The Kier molecular flexibility index (Phi) is 6.61. The van der Waals surface area contributed by atoms with E-state index in [9.17, 15) is 5.26 Å². The third kappa shape index (κ3) is 4.45. The van der Waals surface area contributed by atoms with Crippen molar-refractivity contribution in [1.29, 1.82) is 5.26 Å². The van der Waals surface area contributed by atoms with Crippen LogP contribution in [0, 0.1) is 17.9 Å². The van der Waals surface area contributed by atoms with E-state index in [-0.39, 0.29) is 0 Å². The van der Waals surface area contributed by atoms with Crippen molar-refractivity contribution in [2.45, 2.75) is 0 Å². The van der Waals surface area contributed by atoms with Crippen molar-refractivity contribution >= 4 is 71.1 Å². The fraction of sp³-hybridized carbons (Fsp3) is 0. The topological polar surface area (TPSA) is 42.9 Å². The van der Waals surface area contributed by atoms with Gasteiger partial charge < -0.3 is 13.7 Å². The molecule has 0 aliphatic carbocycles. The average Bonchev–Trinajstić information content (AvgIpc) is 3.88. The van der Waals surface area contributed by atoms with Crippen LogP contribution in [0.3, 0.4) is 0 Å². The molecule has 0 aliphatic rings. The van der Waals surface area contributed by atoms with Gasteiger partial charge in [-0.3, -0.25) is 0 Å². The number of para-hydroxylation sites is 4. The second kappa shape index (κ2) is 11.8. The van der Waals surface area contributed by atoms with Gasteiger partial charge in [0.25, 0.3) is 0 Å². The van der Waals surface area contributed by atoms with Gasteiger partial charge in [0.15, 0.2) is 5.69 Å². The molecule has 8 aromatic carbocycles. The van der Waals surface area contributed by atoms with Crippen LogP contribution in [0.1, 0.15) is 5.56 Å². The number of nitriles is 1. The van der Waals surface area contributed by atoms with Crippen molar-refractivity contribution in [2.75, 3.05) is 0 Å². The van der Waals surface area contributed by atoms with Crippen LogP contribution < -0.4 is 0 Å². The monoisotopic (exact) mass is 699 g/mol. The molecule has 0 unspecified atom stereocenters. The van der Waals surface area contributed by atoms with Crippen LogP contribution in [0.15, 0.2) is 176 Å². The molecule has 0 bridgehead atoms. The fourth-order valence-corrected chi connectivity index (χ4v) is 8.76. The lowest BCUT2D eigenvalue weighted by atomic mass is 10.0. The van der Waals surface area contributed by atoms with Gasteiger partial charge in [-0.05, 0) is 78.4 Å². The van der Waals surface area contributed by atoms with E-state index in [1.54, 1.807) is 0 Å². The summed E-state index contributed by atoms with van der Waals surface area (Å²) in [6.07, 6.45) is 0. The lowest BCUT2D eigenvalue weighted by Crippen LogP contribution is -1.99. The van der Waals surface area contributed by atoms with Crippen LogP contribution in [0.25, 0.3) is 98.5 Å². The summed E-state index contributed by atoms with van der Waals surface area (Å²) in [4.78, 5) is 4.08. The molecule has 0 saturated heterocycles. The lowest BCUT2D eigenvalue weighted by Gasteiger charge is -2.17. The van der Waals surface area contributed by atoms with Gasteiger partial charge in [-0.1, -0.05) is 103 Å². The third-order valence-electron chi connectivity index (χ3n) is 11.1. The molecule has 0 atom stereocenters. The Labute approximate surface area is 316 Å². The first kappa shape index (κ1) is 30.7. The Bertz CT molecular complexity index is 3400. The minimum Gasteiger partial charge on any atom is -0.310 e. The first-order valence-corrected chi connectivity index (χ1v) is 18.3. The van der Waals surface area contributed by atoms with Crippen molar-refractivity contribution in [1.82, 2.24) is 13.7 Å². The molecule has 0 N–H and O–H groups in total. The van der Waals surface area contributed by atoms with Gasteiger partial charge >= 0.3 is 0 Å². The van der Waals surface area contributed by atoms with Crippen molar-refractivity contribution in [3.05, 3.63) is 193 Å². The Balaban J connectivity index is 1.14. The van der Waals surface area contributed by atoms with E-state index in [0.717, 1.165) is 82.8 Å². The summed E-state index contributed by atoms with van der Waals surface area (Å²) in [6.45, 7) is 8.32. The molecule has 254 valence electrons. The van der Waals surface area contributed by atoms with Gasteiger partial charge in [-0.2, -0.15) is 5.26 Å². The second-order valence-corrected chi connectivity index (χ2v) is 13.9. The maximum atomic E-state index is 9.72. The highest BCUT2D eigenvalue weighted by atomic mass is 15.0. The summed E-state index contributed by atoms with van der Waals surface area (Å²) >= 11 is 0. The van der Waals surface area contributed by atoms with E-state index in [1.807, 2.05) is 36.4 Å². The number of hydrogen-bond acceptors (Lipinski definition) is 1. The molecular weight excluding hydrogens is 671 g/mol. The molecule has 3 heterocycles. The van der Waals surface area contributed by atoms with Crippen LogP contribution in [-0.4, -0.2) is 13.7 Å². The molecule has 0 fully saturated rings. The number of rotatable bonds is 4. The average molecular weight is 700 g/mol. The van der Waals surface area contributed by atoms with Crippen molar-refractivity contribution in [3.63, 3.8) is 0 Å². The predicted molar refractivity (Wildman–Crippen MR) is 226 cm³/mol. The molecule has 5 heteroatoms. The highest BCUT2D eigenvalue weighted by Crippen LogP contribution is 2.42. The van der Waals surface area contributed by atoms with Gasteiger partial charge in [0.1, 0.15) is 0 Å². The van der Waals surface area contributed by atoms with E-state index in [4.69, 9.17) is 6.57 Å². The molecule has 11 aromatic rings. The number of nitrogens with zero attached hydrogens (tertiary/aromatic N) is 5. The largest absolute Gasteiger partial charge is 0.310 e. The van der Waals surface area contributed by atoms with E-state index in [1.165, 1.54) is 10.8 Å². The zero-order chi connectivity index (χ0) is 36.6. The summed E-state index contributed by atoms with van der Waals surface area (Å²) in [5.74, 6) is 0. The van der Waals surface area contributed by atoms with Crippen LogP contribution in [0.5, 0.6) is 0 Å². The number of benzene rings is 8. The highest BCUT2D eigenvalue weighted by molar-refractivity contribution is 6.13. The summed E-state index contributed by atoms with van der Waals surface area (Å²) < 4.78 is 6.93. The van der Waals surface area contributed by atoms with Gasteiger partial charge in [-0.25, -0.2) is 4.85 Å². The molecule has 5 nitrogen and oxygen atoms in total. The van der Waals surface area contributed by atoms with Gasteiger partial charge in [0, 0.05) is 54.9 Å². The predicted octanol–water partition coefficient (Wildman–Crippen LogP) is 13.1. The summed E-state index contributed by atoms with van der Waals surface area (Å²) in [5.41, 5.74) is 12.7. The van der Waals surface area contributed by atoms with E-state index in [0.29, 0.717) is 11.3 Å². The van der Waals surface area contributed by atoms with Crippen LogP contribution in [0.2, 0.25) is 0 Å². The number of fused-ring (bicyclic) bond motifs is 9. The molecule has 0 radical (unpaired) electrons. The lowest BCUT2D eigenvalue weighted by molar-refractivity contribution is 1.15. The van der Waals surface area contributed by atoms with Crippen molar-refractivity contribution in [2.24, 2.45) is 0 Å². The smallest absolute Gasteiger partial charge is 0.196 e. The number of hydrogen-bond donors (Lipinski definition) is 0. The zero-order valence-corrected chi connectivity index (χ0v) is 29.5. The summed E-state index contributed by atoms with van der Waals surface area (Å²) in [6, 6.07) is 63.6. The van der Waals surface area contributed by atoms with Gasteiger partial charge in [-0.15, -0.1) is 0 Å². The third-order valence-corrected chi connectivity index (χ3v) is 11.1. The first-order chi connectivity index (χ1) is 27.2. The fourth-order valence-electron chi connectivity index (χ4n) is 8.76. The van der Waals surface area contributed by atoms with Crippen molar-refractivity contribution < 1.29 is 0 Å². The van der Waals surface area contributed by atoms with Crippen molar-refractivity contribution in [3.8, 4) is 34.3 Å².